The van der Waals surface area contributed by atoms with E-state index < -0.39 is 23.5 Å². The van der Waals surface area contributed by atoms with Crippen molar-refractivity contribution in [3.63, 3.8) is 0 Å². The second-order valence-corrected chi connectivity index (χ2v) is 8.33. The van der Waals surface area contributed by atoms with Gasteiger partial charge in [0, 0.05) is 41.3 Å². The van der Waals surface area contributed by atoms with Gasteiger partial charge in [0.25, 0.3) is 0 Å². The maximum Gasteiger partial charge on any atom is 0.416 e. The topological polar surface area (TPSA) is 13.0 Å². The molecule has 0 amide bonds. The third-order valence-electron chi connectivity index (χ3n) is 5.65. The van der Waals surface area contributed by atoms with E-state index in [4.69, 9.17) is 0 Å². The minimum Gasteiger partial charge on any atom is -0.376 e. The zero-order chi connectivity index (χ0) is 22.9. The molecule has 2 aliphatic heterocycles. The van der Waals surface area contributed by atoms with Gasteiger partial charge in [-0.2, -0.15) is 26.3 Å². The Bertz CT molecular complexity index is 944. The van der Waals surface area contributed by atoms with E-state index >= 15 is 0 Å². The van der Waals surface area contributed by atoms with Gasteiger partial charge in [-0.1, -0.05) is 0 Å². The van der Waals surface area contributed by atoms with Crippen molar-refractivity contribution in [1.82, 2.24) is 0 Å². The van der Waals surface area contributed by atoms with Crippen molar-refractivity contribution in [2.75, 3.05) is 54.5 Å². The van der Waals surface area contributed by atoms with Crippen LogP contribution in [0.25, 0.3) is 0 Å². The monoisotopic (exact) mass is 444 g/mol. The third-order valence-corrected chi connectivity index (χ3v) is 5.65. The van der Waals surface area contributed by atoms with E-state index in [1.165, 1.54) is 0 Å². The Balaban J connectivity index is 1.90. The van der Waals surface area contributed by atoms with E-state index in [9.17, 15) is 26.3 Å². The lowest BCUT2D eigenvalue weighted by Gasteiger charge is -2.47. The number of nitrogens with zero attached hydrogens (tertiary/aromatic N) is 4. The van der Waals surface area contributed by atoms with Crippen molar-refractivity contribution in [3.05, 3.63) is 46.5 Å². The molecule has 0 spiro atoms. The largest absolute Gasteiger partial charge is 0.416 e. The minimum absolute atomic E-state index is 0.176. The SMILES string of the molecule is CN(C)c1cc(C(F)(F)F)cc2c1N1Cc3cc(C(F)(F)F)cc(N(C)C)c3N(C2)C1. The van der Waals surface area contributed by atoms with E-state index in [0.717, 1.165) is 24.3 Å². The molecule has 0 aromatic heterocycles. The lowest BCUT2D eigenvalue weighted by atomic mass is 9.95. The number of rotatable bonds is 2. The fourth-order valence-corrected chi connectivity index (χ4v) is 4.35. The Morgan fingerprint density at radius 2 is 1.00 bits per heavy atom. The van der Waals surface area contributed by atoms with Crippen molar-refractivity contribution in [1.29, 1.82) is 0 Å². The summed E-state index contributed by atoms with van der Waals surface area (Å²) in [5, 5.41) is 0. The molecule has 2 aromatic rings. The molecule has 0 atom stereocenters. The normalized spacial score (nSPS) is 15.5. The first-order valence-corrected chi connectivity index (χ1v) is 9.60. The second-order valence-electron chi connectivity index (χ2n) is 8.33. The smallest absolute Gasteiger partial charge is 0.376 e. The third kappa shape index (κ3) is 3.61. The fraction of sp³-hybridized carbons (Fsp3) is 0.429. The van der Waals surface area contributed by atoms with Crippen LogP contribution in [0, 0.1) is 0 Å². The van der Waals surface area contributed by atoms with Gasteiger partial charge in [0.15, 0.2) is 0 Å². The Labute approximate surface area is 176 Å². The molecule has 0 radical (unpaired) electrons. The summed E-state index contributed by atoms with van der Waals surface area (Å²) in [6.45, 7) is 0.740. The van der Waals surface area contributed by atoms with Crippen LogP contribution in [0.1, 0.15) is 22.3 Å². The first-order chi connectivity index (χ1) is 14.3. The predicted molar refractivity (Wildman–Crippen MR) is 109 cm³/mol. The zero-order valence-electron chi connectivity index (χ0n) is 17.5. The van der Waals surface area contributed by atoms with Gasteiger partial charge in [-0.25, -0.2) is 0 Å². The van der Waals surface area contributed by atoms with Gasteiger partial charge < -0.3 is 19.6 Å². The van der Waals surface area contributed by atoms with Gasteiger partial charge in [-0.15, -0.1) is 0 Å². The molecule has 4 rings (SSSR count). The molecule has 2 heterocycles. The molecular weight excluding hydrogens is 422 g/mol. The summed E-state index contributed by atoms with van der Waals surface area (Å²) in [5.41, 5.74) is 1.57. The standard InChI is InChI=1S/C21H22F6N4/c1-28(2)16-7-14(20(22,23)24)5-12-9-31-11-30(18(12)16)10-13-6-15(21(25,26)27)8-17(19(13)31)29(3)4/h5-8H,9-11H2,1-4H3. The van der Waals surface area contributed by atoms with Gasteiger partial charge in [0.1, 0.15) is 0 Å². The molecule has 168 valence electrons. The van der Waals surface area contributed by atoms with Crippen LogP contribution in [0.5, 0.6) is 0 Å². The minimum atomic E-state index is -4.49. The number of halogens is 6. The number of benzene rings is 2. The van der Waals surface area contributed by atoms with Crippen molar-refractivity contribution >= 4 is 22.7 Å². The summed E-state index contributed by atoms with van der Waals surface area (Å²) in [5.74, 6) is 0. The first-order valence-electron chi connectivity index (χ1n) is 9.60. The molecule has 0 N–H and O–H groups in total. The summed E-state index contributed by atoms with van der Waals surface area (Å²) in [6.07, 6.45) is -8.99. The van der Waals surface area contributed by atoms with Crippen LogP contribution in [-0.2, 0) is 25.4 Å². The van der Waals surface area contributed by atoms with Gasteiger partial charge in [0.05, 0.1) is 40.5 Å². The lowest BCUT2D eigenvalue weighted by Crippen LogP contribution is -2.47. The highest BCUT2D eigenvalue weighted by Crippen LogP contribution is 2.49. The van der Waals surface area contributed by atoms with Crippen LogP contribution in [-0.4, -0.2) is 34.9 Å². The molecule has 4 nitrogen and oxygen atoms in total. The molecular formula is C21H22F6N4. The van der Waals surface area contributed by atoms with Gasteiger partial charge in [-0.3, -0.25) is 0 Å². The average molecular weight is 444 g/mol. The number of hydrogen-bond donors (Lipinski definition) is 0. The highest BCUT2D eigenvalue weighted by atomic mass is 19.4. The van der Waals surface area contributed by atoms with Crippen molar-refractivity contribution < 1.29 is 26.3 Å². The van der Waals surface area contributed by atoms with E-state index in [2.05, 4.69) is 0 Å². The summed E-state index contributed by atoms with van der Waals surface area (Å²) >= 11 is 0. The van der Waals surface area contributed by atoms with Crippen LogP contribution < -0.4 is 19.6 Å². The van der Waals surface area contributed by atoms with Crippen molar-refractivity contribution in [3.8, 4) is 0 Å². The maximum atomic E-state index is 13.5. The van der Waals surface area contributed by atoms with Crippen LogP contribution in [0.15, 0.2) is 24.3 Å². The summed E-state index contributed by atoms with van der Waals surface area (Å²) in [7, 11) is 6.63. The van der Waals surface area contributed by atoms with Crippen molar-refractivity contribution in [2.24, 2.45) is 0 Å². The maximum absolute atomic E-state index is 13.5. The fourth-order valence-electron chi connectivity index (χ4n) is 4.35. The number of alkyl halides is 6. The molecule has 0 saturated heterocycles. The number of fused-ring (bicyclic) bond motifs is 6. The molecule has 31 heavy (non-hydrogen) atoms. The van der Waals surface area contributed by atoms with E-state index in [0.29, 0.717) is 40.5 Å². The molecule has 10 heteroatoms. The Hall–Kier alpha value is -2.78. The van der Waals surface area contributed by atoms with Crippen molar-refractivity contribution in [2.45, 2.75) is 25.4 Å². The molecule has 0 fully saturated rings. The van der Waals surface area contributed by atoms with Gasteiger partial charge in [-0.05, 0) is 35.4 Å². The van der Waals surface area contributed by atoms with E-state index in [1.54, 1.807) is 38.0 Å². The molecule has 2 aromatic carbocycles. The summed E-state index contributed by atoms with van der Waals surface area (Å²) < 4.78 is 81.0. The number of hydrogen-bond acceptors (Lipinski definition) is 4. The summed E-state index contributed by atoms with van der Waals surface area (Å²) in [6, 6.07) is 4.49. The van der Waals surface area contributed by atoms with Crippen LogP contribution in [0.2, 0.25) is 0 Å². The lowest BCUT2D eigenvalue weighted by molar-refractivity contribution is -0.138. The summed E-state index contributed by atoms with van der Waals surface area (Å²) in [4.78, 5) is 6.90. The molecule has 2 aliphatic rings. The quantitative estimate of drug-likeness (QED) is 0.594. The van der Waals surface area contributed by atoms with E-state index in [1.807, 2.05) is 9.80 Å². The van der Waals surface area contributed by atoms with Crippen LogP contribution >= 0.6 is 0 Å². The molecule has 0 saturated carbocycles. The average Bonchev–Trinajstić information content (AvgIpc) is 2.64. The number of anilines is 4. The first kappa shape index (κ1) is 21.5. The Kier molecular flexibility index (Phi) is 4.75. The van der Waals surface area contributed by atoms with Gasteiger partial charge in [0.2, 0.25) is 0 Å². The second kappa shape index (κ2) is 6.86. The van der Waals surface area contributed by atoms with Crippen LogP contribution in [0.4, 0.5) is 49.1 Å². The molecule has 0 unspecified atom stereocenters. The highest BCUT2D eigenvalue weighted by Gasteiger charge is 2.39. The zero-order valence-corrected chi connectivity index (χ0v) is 17.5. The predicted octanol–water partition coefficient (Wildman–Crippen LogP) is 5.15. The van der Waals surface area contributed by atoms with Gasteiger partial charge >= 0.3 is 12.4 Å². The Morgan fingerprint density at radius 1 is 0.645 bits per heavy atom. The van der Waals surface area contributed by atoms with Crippen LogP contribution in [0.3, 0.4) is 0 Å². The van der Waals surface area contributed by atoms with E-state index in [-0.39, 0.29) is 13.1 Å². The molecule has 0 aliphatic carbocycles. The Morgan fingerprint density at radius 3 is 1.29 bits per heavy atom. The highest BCUT2D eigenvalue weighted by molar-refractivity contribution is 5.84. The molecule has 2 bridgehead atoms.